The molecule has 0 aromatic heterocycles. The number of quaternary nitrogens is 1. The van der Waals surface area contributed by atoms with Crippen LogP contribution in [0.15, 0.2) is 0 Å². The molecule has 0 aromatic rings. The van der Waals surface area contributed by atoms with Crippen LogP contribution >= 0.6 is 0 Å². The minimum absolute atomic E-state index is 0.0694. The molecule has 1 N–H and O–H groups in total. The monoisotopic (exact) mass is 528 g/mol. The lowest BCUT2D eigenvalue weighted by atomic mass is 10.0. The largest absolute Gasteiger partial charge is 0.544 e. The number of aliphatic carboxylic acids is 2. The highest BCUT2D eigenvalue weighted by atomic mass is 16.4. The fourth-order valence-electron chi connectivity index (χ4n) is 4.58. The Balaban J connectivity index is 0. The summed E-state index contributed by atoms with van der Waals surface area (Å²) >= 11 is 0. The first kappa shape index (κ1) is 38.0. The van der Waals surface area contributed by atoms with Crippen LogP contribution in [-0.2, 0) is 9.59 Å². The number of nitrogens with zero attached hydrogens (tertiary/aromatic N) is 2. The topological polar surface area (TPSA) is 80.7 Å². The first-order chi connectivity index (χ1) is 17.5. The molecule has 1 unspecified atom stereocenters. The van der Waals surface area contributed by atoms with E-state index in [1.807, 2.05) is 19.0 Å². The Morgan fingerprint density at radius 3 is 1.14 bits per heavy atom. The Labute approximate surface area is 230 Å². The van der Waals surface area contributed by atoms with Gasteiger partial charge in [-0.05, 0) is 20.5 Å². The first-order valence-electron chi connectivity index (χ1n) is 15.4. The van der Waals surface area contributed by atoms with Crippen LogP contribution in [0, 0.1) is 0 Å². The Hall–Kier alpha value is -1.14. The van der Waals surface area contributed by atoms with Crippen molar-refractivity contribution in [3.8, 4) is 0 Å². The number of carbonyl (C=O) groups is 2. The maximum Gasteiger partial charge on any atom is 0.320 e. The third kappa shape index (κ3) is 32.8. The number of carboxylic acids is 2. The molecule has 6 heteroatoms. The van der Waals surface area contributed by atoms with Crippen LogP contribution in [0.1, 0.15) is 142 Å². The van der Waals surface area contributed by atoms with Gasteiger partial charge in [-0.2, -0.15) is 0 Å². The van der Waals surface area contributed by atoms with Gasteiger partial charge in [-0.25, -0.2) is 0 Å². The van der Waals surface area contributed by atoms with E-state index in [9.17, 15) is 14.7 Å². The SMILES string of the molecule is CCCCCCCCCCCCCCCCCCCCCCC(C(=O)O)N(C)C.C[N+](C)(C)CC(=O)[O-]. The molecule has 6 nitrogen and oxygen atoms in total. The zero-order valence-electron chi connectivity index (χ0n) is 25.7. The standard InChI is InChI=1S/C26H53NO2.C5H11NO2/c1-4-5-6-7-8-9-10-11-12-13-14-15-16-17-18-19-20-21-22-23-24-25(26(28)29)27(2)3;1-6(2,3)4-5(7)8/h25H,4-24H2,1-3H3,(H,28,29);4H2,1-3H3. The molecule has 0 radical (unpaired) electrons. The molecular formula is C31H64N2O4. The van der Waals surface area contributed by atoms with Crippen LogP contribution < -0.4 is 5.11 Å². The summed E-state index contributed by atoms with van der Waals surface area (Å²) in [5.74, 6) is -1.69. The van der Waals surface area contributed by atoms with E-state index in [2.05, 4.69) is 6.92 Å². The van der Waals surface area contributed by atoms with Crippen molar-refractivity contribution in [3.63, 3.8) is 0 Å². The zero-order valence-corrected chi connectivity index (χ0v) is 25.7. The van der Waals surface area contributed by atoms with Crippen LogP contribution in [0.25, 0.3) is 0 Å². The Kier molecular flexibility index (Phi) is 27.2. The van der Waals surface area contributed by atoms with E-state index in [4.69, 9.17) is 5.11 Å². The van der Waals surface area contributed by atoms with Gasteiger partial charge in [-0.3, -0.25) is 9.69 Å². The molecule has 0 aliphatic heterocycles. The molecule has 37 heavy (non-hydrogen) atoms. The molecule has 0 heterocycles. The highest BCUT2D eigenvalue weighted by Crippen LogP contribution is 2.15. The normalized spacial score (nSPS) is 12.3. The molecule has 0 saturated carbocycles. The van der Waals surface area contributed by atoms with E-state index >= 15 is 0 Å². The van der Waals surface area contributed by atoms with E-state index in [0.29, 0.717) is 4.48 Å². The van der Waals surface area contributed by atoms with Gasteiger partial charge in [-0.15, -0.1) is 0 Å². The van der Waals surface area contributed by atoms with Crippen LogP contribution in [0.3, 0.4) is 0 Å². The predicted molar refractivity (Wildman–Crippen MR) is 156 cm³/mol. The van der Waals surface area contributed by atoms with Gasteiger partial charge in [-0.1, -0.05) is 135 Å². The fraction of sp³-hybridized carbons (Fsp3) is 0.935. The predicted octanol–water partition coefficient (Wildman–Crippen LogP) is 6.66. The fourth-order valence-corrected chi connectivity index (χ4v) is 4.58. The maximum absolute atomic E-state index is 11.1. The van der Waals surface area contributed by atoms with E-state index in [0.717, 1.165) is 12.8 Å². The lowest BCUT2D eigenvalue weighted by molar-refractivity contribution is -0.864. The third-order valence-corrected chi connectivity index (χ3v) is 6.84. The number of likely N-dealkylation sites (N-methyl/N-ethyl adjacent to an activating group) is 2. The number of carboxylic acid groups (broad SMARTS) is 2. The maximum atomic E-state index is 11.1. The summed E-state index contributed by atoms with van der Waals surface area (Å²) in [4.78, 5) is 22.8. The molecule has 0 aromatic carbocycles. The smallest absolute Gasteiger partial charge is 0.320 e. The van der Waals surface area contributed by atoms with Crippen LogP contribution in [0.4, 0.5) is 0 Å². The van der Waals surface area contributed by atoms with Gasteiger partial charge < -0.3 is 19.5 Å². The molecule has 1 atom stereocenters. The quantitative estimate of drug-likeness (QED) is 0.106. The number of hydrogen-bond donors (Lipinski definition) is 1. The molecule has 222 valence electrons. The van der Waals surface area contributed by atoms with Gasteiger partial charge in [0.05, 0.1) is 27.1 Å². The van der Waals surface area contributed by atoms with E-state index in [1.54, 1.807) is 21.1 Å². The minimum atomic E-state index is -1.00. The van der Waals surface area contributed by atoms with Gasteiger partial charge in [0, 0.05) is 0 Å². The van der Waals surface area contributed by atoms with Gasteiger partial charge in [0.25, 0.3) is 0 Å². The molecule has 0 amide bonds. The lowest BCUT2D eigenvalue weighted by Gasteiger charge is -2.23. The van der Waals surface area contributed by atoms with Crippen molar-refractivity contribution in [2.75, 3.05) is 41.8 Å². The van der Waals surface area contributed by atoms with Crippen LogP contribution in [0.5, 0.6) is 0 Å². The summed E-state index contributed by atoms with van der Waals surface area (Å²) in [5.41, 5.74) is 0. The van der Waals surface area contributed by atoms with Crippen LogP contribution in [-0.4, -0.2) is 74.3 Å². The molecule has 0 rings (SSSR count). The van der Waals surface area contributed by atoms with Crippen molar-refractivity contribution in [2.45, 2.75) is 148 Å². The van der Waals surface area contributed by atoms with Crippen LogP contribution in [0.2, 0.25) is 0 Å². The summed E-state index contributed by atoms with van der Waals surface area (Å²) in [5, 5.41) is 19.0. The van der Waals surface area contributed by atoms with Crippen molar-refractivity contribution < 1.29 is 24.3 Å². The Morgan fingerprint density at radius 2 is 0.946 bits per heavy atom. The lowest BCUT2D eigenvalue weighted by Crippen LogP contribution is -2.45. The van der Waals surface area contributed by atoms with E-state index < -0.39 is 11.9 Å². The molecule has 0 aliphatic carbocycles. The summed E-state index contributed by atoms with van der Waals surface area (Å²) < 4.78 is 0.419. The highest BCUT2D eigenvalue weighted by molar-refractivity contribution is 5.73. The van der Waals surface area contributed by atoms with Crippen molar-refractivity contribution in [1.82, 2.24) is 4.90 Å². The average Bonchev–Trinajstić information content (AvgIpc) is 2.78. The molecule has 0 aliphatic rings. The second-order valence-corrected chi connectivity index (χ2v) is 12.1. The van der Waals surface area contributed by atoms with Crippen molar-refractivity contribution >= 4 is 11.9 Å². The number of rotatable bonds is 25. The summed E-state index contributed by atoms with van der Waals surface area (Å²) in [7, 11) is 9.12. The minimum Gasteiger partial charge on any atom is -0.544 e. The van der Waals surface area contributed by atoms with Crippen molar-refractivity contribution in [3.05, 3.63) is 0 Å². The van der Waals surface area contributed by atoms with Crippen molar-refractivity contribution in [1.29, 1.82) is 0 Å². The second kappa shape index (κ2) is 26.5. The molecular weight excluding hydrogens is 464 g/mol. The average molecular weight is 529 g/mol. The molecule has 0 saturated heterocycles. The van der Waals surface area contributed by atoms with Gasteiger partial charge in [0.2, 0.25) is 0 Å². The number of hydrogen-bond acceptors (Lipinski definition) is 4. The summed E-state index contributed by atoms with van der Waals surface area (Å²) in [6, 6.07) is -0.314. The van der Waals surface area contributed by atoms with E-state index in [1.165, 1.54) is 122 Å². The molecule has 0 bridgehead atoms. The van der Waals surface area contributed by atoms with Crippen molar-refractivity contribution in [2.24, 2.45) is 0 Å². The second-order valence-electron chi connectivity index (χ2n) is 12.1. The van der Waals surface area contributed by atoms with E-state index in [-0.39, 0.29) is 12.6 Å². The van der Waals surface area contributed by atoms with Gasteiger partial charge in [0.15, 0.2) is 0 Å². The van der Waals surface area contributed by atoms with Gasteiger partial charge in [0.1, 0.15) is 12.6 Å². The summed E-state index contributed by atoms with van der Waals surface area (Å²) in [6.45, 7) is 2.36. The number of carbonyl (C=O) groups excluding carboxylic acids is 1. The molecule has 0 spiro atoms. The number of unbranched alkanes of at least 4 members (excludes halogenated alkanes) is 19. The zero-order chi connectivity index (χ0) is 28.4. The highest BCUT2D eigenvalue weighted by Gasteiger charge is 2.18. The Bertz CT molecular complexity index is 518. The first-order valence-corrected chi connectivity index (χ1v) is 15.4. The molecule has 0 fully saturated rings. The third-order valence-electron chi connectivity index (χ3n) is 6.84. The Morgan fingerprint density at radius 1 is 0.649 bits per heavy atom. The summed E-state index contributed by atoms with van der Waals surface area (Å²) in [6.07, 6.45) is 28.4. The van der Waals surface area contributed by atoms with Gasteiger partial charge >= 0.3 is 5.97 Å².